The number of carbonyl (C=O) groups is 1. The Balaban J connectivity index is 1.84. The van der Waals surface area contributed by atoms with E-state index in [1.807, 2.05) is 21.8 Å². The van der Waals surface area contributed by atoms with Crippen molar-refractivity contribution in [2.45, 2.75) is 38.8 Å². The number of nitrogens with zero attached hydrogens (tertiary/aromatic N) is 3. The van der Waals surface area contributed by atoms with Crippen LogP contribution in [0.4, 0.5) is 0 Å². The third-order valence-corrected chi connectivity index (χ3v) is 3.49. The Morgan fingerprint density at radius 3 is 3.11 bits per heavy atom. The first-order valence-corrected chi connectivity index (χ1v) is 6.79. The second-order valence-corrected chi connectivity index (χ2v) is 4.70. The number of hydrogen-bond acceptors (Lipinski definition) is 3. The number of hydrogen-bond donors (Lipinski definition) is 1. The summed E-state index contributed by atoms with van der Waals surface area (Å²) < 4.78 is 1.81. The Morgan fingerprint density at radius 2 is 2.50 bits per heavy atom. The molecule has 1 amide bonds. The Morgan fingerprint density at radius 1 is 1.61 bits per heavy atom. The molecule has 0 aromatic carbocycles. The third kappa shape index (κ3) is 3.32. The van der Waals surface area contributed by atoms with E-state index in [4.69, 9.17) is 0 Å². The van der Waals surface area contributed by atoms with Crippen LogP contribution in [0.5, 0.6) is 0 Å². The zero-order valence-corrected chi connectivity index (χ0v) is 11.0. The molecule has 18 heavy (non-hydrogen) atoms. The molecule has 1 fully saturated rings. The number of amides is 1. The Kier molecular flexibility index (Phi) is 4.75. The van der Waals surface area contributed by atoms with E-state index in [0.717, 1.165) is 32.5 Å². The van der Waals surface area contributed by atoms with E-state index in [9.17, 15) is 4.79 Å². The lowest BCUT2D eigenvalue weighted by Crippen LogP contribution is -2.48. The average Bonchev–Trinajstić information content (AvgIpc) is 2.92. The van der Waals surface area contributed by atoms with Gasteiger partial charge in [-0.2, -0.15) is 5.10 Å². The molecule has 0 bridgehead atoms. The molecular formula is C13H22N4O. The highest BCUT2D eigenvalue weighted by atomic mass is 16.2. The summed E-state index contributed by atoms with van der Waals surface area (Å²) in [5, 5.41) is 7.48. The van der Waals surface area contributed by atoms with Crippen LogP contribution in [0.1, 0.15) is 26.2 Å². The maximum atomic E-state index is 12.2. The summed E-state index contributed by atoms with van der Waals surface area (Å²) in [4.78, 5) is 14.2. The first-order valence-electron chi connectivity index (χ1n) is 6.79. The molecule has 1 aliphatic heterocycles. The second-order valence-electron chi connectivity index (χ2n) is 4.70. The topological polar surface area (TPSA) is 50.2 Å². The number of rotatable bonds is 5. The summed E-state index contributed by atoms with van der Waals surface area (Å²) in [5.74, 6) is 0.238. The normalized spacial score (nSPS) is 19.7. The Bertz CT molecular complexity index is 357. The smallest absolute Gasteiger partial charge is 0.224 e. The van der Waals surface area contributed by atoms with Crippen LogP contribution in [-0.4, -0.2) is 46.3 Å². The highest BCUT2D eigenvalue weighted by Gasteiger charge is 2.23. The van der Waals surface area contributed by atoms with E-state index < -0.39 is 0 Å². The molecule has 2 rings (SSSR count). The lowest BCUT2D eigenvalue weighted by Gasteiger charge is -2.34. The van der Waals surface area contributed by atoms with Gasteiger partial charge in [0.1, 0.15) is 0 Å². The number of aryl methyl sites for hydroxylation is 1. The van der Waals surface area contributed by atoms with Gasteiger partial charge in [0.15, 0.2) is 0 Å². The molecule has 1 aromatic heterocycles. The SMILES string of the molecule is CCN(C(=O)CCn1cccn1)C1CCCNC1. The predicted molar refractivity (Wildman–Crippen MR) is 70.1 cm³/mol. The monoisotopic (exact) mass is 250 g/mol. The van der Waals surface area contributed by atoms with Crippen molar-refractivity contribution in [2.75, 3.05) is 19.6 Å². The molecule has 0 saturated carbocycles. The van der Waals surface area contributed by atoms with Crippen molar-refractivity contribution in [3.63, 3.8) is 0 Å². The number of likely N-dealkylation sites (N-methyl/N-ethyl adjacent to an activating group) is 1. The molecule has 1 unspecified atom stereocenters. The third-order valence-electron chi connectivity index (χ3n) is 3.49. The van der Waals surface area contributed by atoms with Crippen molar-refractivity contribution in [3.8, 4) is 0 Å². The summed E-state index contributed by atoms with van der Waals surface area (Å²) in [7, 11) is 0. The van der Waals surface area contributed by atoms with Gasteiger partial charge in [0, 0.05) is 44.5 Å². The minimum atomic E-state index is 0.238. The van der Waals surface area contributed by atoms with E-state index in [1.165, 1.54) is 0 Å². The molecule has 0 aliphatic carbocycles. The minimum Gasteiger partial charge on any atom is -0.339 e. The molecule has 2 heterocycles. The van der Waals surface area contributed by atoms with Crippen molar-refractivity contribution >= 4 is 5.91 Å². The predicted octanol–water partition coefficient (Wildman–Crippen LogP) is 0.874. The van der Waals surface area contributed by atoms with Crippen LogP contribution < -0.4 is 5.32 Å². The van der Waals surface area contributed by atoms with Crippen molar-refractivity contribution in [3.05, 3.63) is 18.5 Å². The van der Waals surface area contributed by atoms with Gasteiger partial charge in [-0.05, 0) is 32.4 Å². The molecular weight excluding hydrogens is 228 g/mol. The summed E-state index contributed by atoms with van der Waals surface area (Å²) in [5.41, 5.74) is 0. The van der Waals surface area contributed by atoms with Gasteiger partial charge in [0.25, 0.3) is 0 Å². The van der Waals surface area contributed by atoms with Crippen molar-refractivity contribution in [1.29, 1.82) is 0 Å². The zero-order chi connectivity index (χ0) is 12.8. The maximum absolute atomic E-state index is 12.2. The van der Waals surface area contributed by atoms with Crippen LogP contribution in [0, 0.1) is 0 Å². The molecule has 1 atom stereocenters. The van der Waals surface area contributed by atoms with Gasteiger partial charge >= 0.3 is 0 Å². The van der Waals surface area contributed by atoms with Crippen molar-refractivity contribution in [2.24, 2.45) is 0 Å². The van der Waals surface area contributed by atoms with Crippen molar-refractivity contribution in [1.82, 2.24) is 20.0 Å². The van der Waals surface area contributed by atoms with Crippen LogP contribution in [-0.2, 0) is 11.3 Å². The van der Waals surface area contributed by atoms with Crippen LogP contribution >= 0.6 is 0 Å². The first-order chi connectivity index (χ1) is 8.81. The molecule has 0 spiro atoms. The Hall–Kier alpha value is -1.36. The number of nitrogens with one attached hydrogen (secondary N) is 1. The van der Waals surface area contributed by atoms with Gasteiger partial charge in [0.2, 0.25) is 5.91 Å². The number of piperidine rings is 1. The fraction of sp³-hybridized carbons (Fsp3) is 0.692. The fourth-order valence-corrected chi connectivity index (χ4v) is 2.52. The Labute approximate surface area is 108 Å². The van der Waals surface area contributed by atoms with Crippen LogP contribution in [0.3, 0.4) is 0 Å². The highest BCUT2D eigenvalue weighted by molar-refractivity contribution is 5.76. The summed E-state index contributed by atoms with van der Waals surface area (Å²) in [6, 6.07) is 2.25. The van der Waals surface area contributed by atoms with Gasteiger partial charge in [0.05, 0.1) is 0 Å². The molecule has 1 saturated heterocycles. The van der Waals surface area contributed by atoms with Gasteiger partial charge in [-0.3, -0.25) is 9.48 Å². The average molecular weight is 250 g/mol. The maximum Gasteiger partial charge on any atom is 0.224 e. The van der Waals surface area contributed by atoms with E-state index in [1.54, 1.807) is 6.20 Å². The van der Waals surface area contributed by atoms with Crippen molar-refractivity contribution < 1.29 is 4.79 Å². The molecule has 1 aromatic rings. The second kappa shape index (κ2) is 6.54. The largest absolute Gasteiger partial charge is 0.339 e. The molecule has 1 N–H and O–H groups in total. The highest BCUT2D eigenvalue weighted by Crippen LogP contribution is 2.11. The van der Waals surface area contributed by atoms with E-state index in [0.29, 0.717) is 19.0 Å². The van der Waals surface area contributed by atoms with Crippen LogP contribution in [0.25, 0.3) is 0 Å². The standard InChI is InChI=1S/C13H22N4O/c1-2-17(12-5-3-7-14-11-12)13(18)6-10-16-9-4-8-15-16/h4,8-9,12,14H,2-3,5-7,10-11H2,1H3. The van der Waals surface area contributed by atoms with E-state index in [-0.39, 0.29) is 5.91 Å². The van der Waals surface area contributed by atoms with Crippen LogP contribution in [0.15, 0.2) is 18.5 Å². The quantitative estimate of drug-likeness (QED) is 0.844. The lowest BCUT2D eigenvalue weighted by atomic mass is 10.1. The van der Waals surface area contributed by atoms with Gasteiger partial charge in [-0.25, -0.2) is 0 Å². The minimum absolute atomic E-state index is 0.238. The van der Waals surface area contributed by atoms with E-state index in [2.05, 4.69) is 17.3 Å². The van der Waals surface area contributed by atoms with Gasteiger partial charge < -0.3 is 10.2 Å². The van der Waals surface area contributed by atoms with E-state index >= 15 is 0 Å². The van der Waals surface area contributed by atoms with Gasteiger partial charge in [-0.15, -0.1) is 0 Å². The van der Waals surface area contributed by atoms with Crippen LogP contribution in [0.2, 0.25) is 0 Å². The molecule has 100 valence electrons. The van der Waals surface area contributed by atoms with Gasteiger partial charge in [-0.1, -0.05) is 0 Å². The number of aromatic nitrogens is 2. The molecule has 5 nitrogen and oxygen atoms in total. The summed E-state index contributed by atoms with van der Waals surface area (Å²) in [6.45, 7) is 5.53. The fourth-order valence-electron chi connectivity index (χ4n) is 2.52. The molecule has 1 aliphatic rings. The number of carbonyl (C=O) groups excluding carboxylic acids is 1. The molecule has 0 radical (unpaired) electrons. The lowest BCUT2D eigenvalue weighted by molar-refractivity contribution is -0.133. The molecule has 5 heteroatoms. The summed E-state index contributed by atoms with van der Waals surface area (Å²) >= 11 is 0. The first kappa shape index (κ1) is 13.1. The zero-order valence-electron chi connectivity index (χ0n) is 11.0. The summed E-state index contributed by atoms with van der Waals surface area (Å²) in [6.07, 6.45) is 6.45.